The fraction of sp³-hybridized carbons (Fsp3) is 0.167. The van der Waals surface area contributed by atoms with Crippen molar-refractivity contribution >= 4 is 17.3 Å². The third-order valence-electron chi connectivity index (χ3n) is 2.11. The minimum absolute atomic E-state index is 0.461. The summed E-state index contributed by atoms with van der Waals surface area (Å²) in [5.41, 5.74) is 7.10. The van der Waals surface area contributed by atoms with Crippen LogP contribution in [0.25, 0.3) is 0 Å². The van der Waals surface area contributed by atoms with E-state index in [0.717, 1.165) is 5.69 Å². The summed E-state index contributed by atoms with van der Waals surface area (Å²) in [4.78, 5) is 8.33. The molecule has 0 aliphatic rings. The van der Waals surface area contributed by atoms with Crippen LogP contribution < -0.4 is 10.5 Å². The summed E-state index contributed by atoms with van der Waals surface area (Å²) in [6.07, 6.45) is 0. The highest BCUT2D eigenvalue weighted by molar-refractivity contribution is 6.32. The highest BCUT2D eigenvalue weighted by atomic mass is 35.5. The van der Waals surface area contributed by atoms with E-state index in [1.165, 1.54) is 0 Å². The molecule has 1 aromatic heterocycles. The Balaban J connectivity index is 2.34. The molecule has 0 saturated carbocycles. The maximum Gasteiger partial charge on any atom is 0.222 e. The number of halogens is 1. The lowest BCUT2D eigenvalue weighted by atomic mass is 10.3. The molecule has 0 amide bonds. The summed E-state index contributed by atoms with van der Waals surface area (Å²) in [7, 11) is 0. The second-order valence-electron chi connectivity index (χ2n) is 3.69. The molecule has 0 unspecified atom stereocenters. The molecule has 0 atom stereocenters. The normalized spacial score (nSPS) is 10.3. The Morgan fingerprint density at radius 3 is 2.65 bits per heavy atom. The fourth-order valence-electron chi connectivity index (χ4n) is 1.45. The molecule has 2 rings (SSSR count). The molecule has 0 spiro atoms. The van der Waals surface area contributed by atoms with Gasteiger partial charge in [-0.25, -0.2) is 4.98 Å². The van der Waals surface area contributed by atoms with Crippen LogP contribution in [0.1, 0.15) is 11.5 Å². The summed E-state index contributed by atoms with van der Waals surface area (Å²) < 4.78 is 5.59. The van der Waals surface area contributed by atoms with Gasteiger partial charge in [-0.1, -0.05) is 11.6 Å². The van der Waals surface area contributed by atoms with Gasteiger partial charge in [0.1, 0.15) is 11.6 Å². The van der Waals surface area contributed by atoms with Crippen LogP contribution in [0.2, 0.25) is 5.02 Å². The number of hydrogen-bond donors (Lipinski definition) is 1. The molecule has 5 heteroatoms. The van der Waals surface area contributed by atoms with Crippen molar-refractivity contribution < 1.29 is 4.74 Å². The highest BCUT2D eigenvalue weighted by Gasteiger charge is 2.06. The maximum atomic E-state index is 6.00. The number of nitrogen functional groups attached to an aromatic ring is 1. The molecule has 0 fully saturated rings. The third kappa shape index (κ3) is 2.85. The van der Waals surface area contributed by atoms with Gasteiger partial charge >= 0.3 is 0 Å². The number of hydrogen-bond acceptors (Lipinski definition) is 4. The maximum absolute atomic E-state index is 6.00. The van der Waals surface area contributed by atoms with Crippen molar-refractivity contribution in [1.82, 2.24) is 9.97 Å². The van der Waals surface area contributed by atoms with Gasteiger partial charge in [0.05, 0.1) is 5.02 Å². The van der Waals surface area contributed by atoms with Gasteiger partial charge in [-0.15, -0.1) is 0 Å². The minimum Gasteiger partial charge on any atom is -0.437 e. The molecule has 0 bridgehead atoms. The Hall–Kier alpha value is -1.81. The molecule has 1 aromatic carbocycles. The Labute approximate surface area is 104 Å². The Morgan fingerprint density at radius 2 is 1.94 bits per heavy atom. The van der Waals surface area contributed by atoms with Crippen molar-refractivity contribution in [3.8, 4) is 11.6 Å². The summed E-state index contributed by atoms with van der Waals surface area (Å²) >= 11 is 6.00. The van der Waals surface area contributed by atoms with Crippen molar-refractivity contribution in [3.63, 3.8) is 0 Å². The first-order valence-corrected chi connectivity index (χ1v) is 5.47. The van der Waals surface area contributed by atoms with Gasteiger partial charge < -0.3 is 10.5 Å². The molecule has 17 heavy (non-hydrogen) atoms. The van der Waals surface area contributed by atoms with E-state index in [4.69, 9.17) is 22.1 Å². The molecule has 4 nitrogen and oxygen atoms in total. The lowest BCUT2D eigenvalue weighted by molar-refractivity contribution is 0.459. The Kier molecular flexibility index (Phi) is 3.15. The van der Waals surface area contributed by atoms with Crippen molar-refractivity contribution in [2.24, 2.45) is 0 Å². The summed E-state index contributed by atoms with van der Waals surface area (Å²) in [6, 6.07) is 6.81. The predicted octanol–water partition coefficient (Wildman–Crippen LogP) is 3.12. The topological polar surface area (TPSA) is 61.0 Å². The van der Waals surface area contributed by atoms with Crippen LogP contribution in [0.3, 0.4) is 0 Å². The molecule has 88 valence electrons. The van der Waals surface area contributed by atoms with Crippen LogP contribution >= 0.6 is 11.6 Å². The monoisotopic (exact) mass is 249 g/mol. The first-order chi connectivity index (χ1) is 8.04. The molecule has 2 N–H and O–H groups in total. The fourth-order valence-corrected chi connectivity index (χ4v) is 1.60. The number of aryl methyl sites for hydroxylation is 2. The van der Waals surface area contributed by atoms with Gasteiger partial charge in [0.15, 0.2) is 0 Å². The molecular weight excluding hydrogens is 238 g/mol. The Morgan fingerprint density at radius 1 is 1.18 bits per heavy atom. The molecule has 0 saturated heterocycles. The van der Waals surface area contributed by atoms with Crippen molar-refractivity contribution in [2.75, 3.05) is 5.73 Å². The van der Waals surface area contributed by atoms with Gasteiger partial charge in [0, 0.05) is 23.5 Å². The van der Waals surface area contributed by atoms with Crippen LogP contribution in [0.4, 0.5) is 5.69 Å². The zero-order valence-corrected chi connectivity index (χ0v) is 10.3. The average Bonchev–Trinajstić information content (AvgIpc) is 2.22. The number of ether oxygens (including phenoxy) is 1. The van der Waals surface area contributed by atoms with Gasteiger partial charge in [-0.05, 0) is 26.0 Å². The number of rotatable bonds is 2. The van der Waals surface area contributed by atoms with Crippen molar-refractivity contribution in [2.45, 2.75) is 13.8 Å². The molecule has 0 aliphatic carbocycles. The molecule has 1 heterocycles. The predicted molar refractivity (Wildman–Crippen MR) is 67.4 cm³/mol. The second-order valence-corrected chi connectivity index (χ2v) is 4.09. The lowest BCUT2D eigenvalue weighted by Gasteiger charge is -2.08. The van der Waals surface area contributed by atoms with E-state index in [-0.39, 0.29) is 0 Å². The van der Waals surface area contributed by atoms with Crippen LogP contribution in [-0.2, 0) is 0 Å². The van der Waals surface area contributed by atoms with Gasteiger partial charge in [0.2, 0.25) is 5.88 Å². The number of anilines is 1. The summed E-state index contributed by atoms with van der Waals surface area (Å²) in [5.74, 6) is 1.60. The van der Waals surface area contributed by atoms with E-state index in [1.807, 2.05) is 6.92 Å². The third-order valence-corrected chi connectivity index (χ3v) is 2.42. The van der Waals surface area contributed by atoms with Crippen LogP contribution in [0.5, 0.6) is 11.6 Å². The zero-order chi connectivity index (χ0) is 12.4. The largest absolute Gasteiger partial charge is 0.437 e. The van der Waals surface area contributed by atoms with Crippen molar-refractivity contribution in [1.29, 1.82) is 0 Å². The first-order valence-electron chi connectivity index (χ1n) is 5.10. The average molecular weight is 250 g/mol. The summed E-state index contributed by atoms with van der Waals surface area (Å²) in [6.45, 7) is 3.68. The molecular formula is C12H12ClN3O. The van der Waals surface area contributed by atoms with Gasteiger partial charge in [-0.2, -0.15) is 4.98 Å². The number of nitrogens with zero attached hydrogens (tertiary/aromatic N) is 2. The van der Waals surface area contributed by atoms with Crippen LogP contribution in [0.15, 0.2) is 24.3 Å². The molecule has 0 radical (unpaired) electrons. The zero-order valence-electron chi connectivity index (χ0n) is 9.57. The first kappa shape index (κ1) is 11.7. The molecule has 2 aromatic rings. The highest BCUT2D eigenvalue weighted by Crippen LogP contribution is 2.30. The van der Waals surface area contributed by atoms with E-state index in [2.05, 4.69) is 9.97 Å². The van der Waals surface area contributed by atoms with E-state index in [9.17, 15) is 0 Å². The standard InChI is InChI=1S/C12H12ClN3O/c1-7-5-12(16-8(2)15-7)17-11-6-9(14)3-4-10(11)13/h3-6H,14H2,1-2H3. The van der Waals surface area contributed by atoms with Crippen molar-refractivity contribution in [3.05, 3.63) is 40.8 Å². The lowest BCUT2D eigenvalue weighted by Crippen LogP contribution is -1.96. The quantitative estimate of drug-likeness (QED) is 0.831. The van der Waals surface area contributed by atoms with E-state index in [1.54, 1.807) is 31.2 Å². The summed E-state index contributed by atoms with van der Waals surface area (Å²) in [5, 5.41) is 0.494. The second kappa shape index (κ2) is 4.59. The van der Waals surface area contributed by atoms with Crippen LogP contribution in [0, 0.1) is 13.8 Å². The van der Waals surface area contributed by atoms with Crippen LogP contribution in [-0.4, -0.2) is 9.97 Å². The van der Waals surface area contributed by atoms with Gasteiger partial charge in [-0.3, -0.25) is 0 Å². The van der Waals surface area contributed by atoms with E-state index >= 15 is 0 Å². The number of nitrogens with two attached hydrogens (primary N) is 1. The van der Waals surface area contributed by atoms with E-state index < -0.39 is 0 Å². The number of aromatic nitrogens is 2. The SMILES string of the molecule is Cc1cc(Oc2cc(N)ccc2Cl)nc(C)n1. The number of benzene rings is 1. The van der Waals surface area contributed by atoms with Gasteiger partial charge in [0.25, 0.3) is 0 Å². The molecule has 0 aliphatic heterocycles. The smallest absolute Gasteiger partial charge is 0.222 e. The van der Waals surface area contributed by atoms with E-state index in [0.29, 0.717) is 28.2 Å². The Bertz CT molecular complexity index is 537. The minimum atomic E-state index is 0.461.